The van der Waals surface area contributed by atoms with Gasteiger partial charge in [0.2, 0.25) is 0 Å². The molecule has 0 heterocycles. The molecule has 2 atom stereocenters. The molecule has 0 aliphatic heterocycles. The molecule has 1 nitrogen and oxygen atoms in total. The lowest BCUT2D eigenvalue weighted by atomic mass is 9.66. The van der Waals surface area contributed by atoms with E-state index >= 15 is 0 Å². The zero-order valence-corrected chi connectivity index (χ0v) is 12.2. The van der Waals surface area contributed by atoms with Crippen molar-refractivity contribution >= 4 is 0 Å². The van der Waals surface area contributed by atoms with Gasteiger partial charge in [-0.1, -0.05) is 32.3 Å². The molecule has 0 bridgehead atoms. The normalized spacial score (nSPS) is 27.5. The molecule has 1 aromatic carbocycles. The largest absolute Gasteiger partial charge is 0.330 e. The van der Waals surface area contributed by atoms with E-state index in [0.717, 1.165) is 24.4 Å². The Morgan fingerprint density at radius 3 is 2.89 bits per heavy atom. The molecule has 0 radical (unpaired) electrons. The quantitative estimate of drug-likeness (QED) is 0.864. The molecule has 0 aromatic heterocycles. The highest BCUT2D eigenvalue weighted by Crippen LogP contribution is 2.42. The molecule has 1 aliphatic rings. The van der Waals surface area contributed by atoms with Crippen LogP contribution in [0.25, 0.3) is 0 Å². The molecule has 1 aliphatic carbocycles. The minimum atomic E-state index is -0.129. The summed E-state index contributed by atoms with van der Waals surface area (Å²) in [5.41, 5.74) is 8.62. The molecular weight excluding hydrogens is 237 g/mol. The molecule has 0 amide bonds. The Labute approximate surface area is 116 Å². The summed E-state index contributed by atoms with van der Waals surface area (Å²) < 4.78 is 13.4. The van der Waals surface area contributed by atoms with Crippen molar-refractivity contribution < 1.29 is 4.39 Å². The van der Waals surface area contributed by atoms with Crippen LogP contribution in [0.15, 0.2) is 18.2 Å². The number of nitrogens with two attached hydrogens (primary N) is 1. The minimum Gasteiger partial charge on any atom is -0.330 e. The van der Waals surface area contributed by atoms with Crippen molar-refractivity contribution in [1.82, 2.24) is 0 Å². The first kappa shape index (κ1) is 14.5. The molecule has 0 saturated heterocycles. The summed E-state index contributed by atoms with van der Waals surface area (Å²) in [7, 11) is 0. The number of hydrogen-bond donors (Lipinski definition) is 1. The molecule has 106 valence electrons. The van der Waals surface area contributed by atoms with Crippen molar-refractivity contribution in [2.45, 2.75) is 52.4 Å². The maximum Gasteiger partial charge on any atom is 0.123 e. The van der Waals surface area contributed by atoms with Crippen molar-refractivity contribution in [1.29, 1.82) is 0 Å². The summed E-state index contributed by atoms with van der Waals surface area (Å²) >= 11 is 0. The van der Waals surface area contributed by atoms with Crippen LogP contribution in [0.2, 0.25) is 0 Å². The fourth-order valence-electron chi connectivity index (χ4n) is 3.58. The van der Waals surface area contributed by atoms with Gasteiger partial charge in [0.1, 0.15) is 5.82 Å². The third-order valence-corrected chi connectivity index (χ3v) is 4.93. The molecule has 2 N–H and O–H groups in total. The lowest BCUT2D eigenvalue weighted by molar-refractivity contribution is 0.142. The van der Waals surface area contributed by atoms with Crippen LogP contribution in [0.1, 0.15) is 50.2 Å². The highest BCUT2D eigenvalue weighted by atomic mass is 19.1. The van der Waals surface area contributed by atoms with Crippen molar-refractivity contribution in [2.24, 2.45) is 17.1 Å². The Morgan fingerprint density at radius 1 is 1.42 bits per heavy atom. The molecule has 0 spiro atoms. The molecule has 1 fully saturated rings. The summed E-state index contributed by atoms with van der Waals surface area (Å²) in [6.45, 7) is 5.06. The molecule has 19 heavy (non-hydrogen) atoms. The van der Waals surface area contributed by atoms with E-state index in [2.05, 4.69) is 13.8 Å². The van der Waals surface area contributed by atoms with E-state index in [1.165, 1.54) is 37.7 Å². The van der Waals surface area contributed by atoms with E-state index in [4.69, 9.17) is 5.73 Å². The Morgan fingerprint density at radius 2 is 2.21 bits per heavy atom. The smallest absolute Gasteiger partial charge is 0.123 e. The summed E-state index contributed by atoms with van der Waals surface area (Å²) in [5, 5.41) is 0. The second-order valence-electron chi connectivity index (χ2n) is 6.32. The van der Waals surface area contributed by atoms with Crippen molar-refractivity contribution in [3.63, 3.8) is 0 Å². The predicted octanol–water partition coefficient (Wildman–Crippen LogP) is 4.22. The monoisotopic (exact) mass is 263 g/mol. The van der Waals surface area contributed by atoms with Gasteiger partial charge in [0, 0.05) is 0 Å². The third kappa shape index (κ3) is 3.36. The Bertz CT molecular complexity index is 429. The molecule has 1 aromatic rings. The molecule has 2 heteroatoms. The highest BCUT2D eigenvalue weighted by molar-refractivity contribution is 5.28. The second kappa shape index (κ2) is 6.04. The maximum absolute atomic E-state index is 13.4. The molecular formula is C17H26FN. The first-order valence-corrected chi connectivity index (χ1v) is 7.53. The lowest BCUT2D eigenvalue weighted by Gasteiger charge is -2.40. The van der Waals surface area contributed by atoms with Crippen molar-refractivity contribution in [3.05, 3.63) is 35.1 Å². The van der Waals surface area contributed by atoms with Gasteiger partial charge in [-0.2, -0.15) is 0 Å². The van der Waals surface area contributed by atoms with E-state index in [1.54, 1.807) is 12.1 Å². The summed E-state index contributed by atoms with van der Waals surface area (Å²) in [5.74, 6) is 0.668. The topological polar surface area (TPSA) is 26.0 Å². The molecule has 2 rings (SSSR count). The standard InChI is InChI=1S/C17H26FN/c1-3-14-5-4-8-17(10-14,12-19)11-15-9-16(18)7-6-13(15)2/h6-7,9,14H,3-5,8,10-12,19H2,1-2H3. The average Bonchev–Trinajstić information content (AvgIpc) is 2.43. The number of benzene rings is 1. The molecule has 1 saturated carbocycles. The Hall–Kier alpha value is -0.890. The summed E-state index contributed by atoms with van der Waals surface area (Å²) in [4.78, 5) is 0. The molecule has 2 unspecified atom stereocenters. The van der Waals surface area contributed by atoms with Gasteiger partial charge in [-0.25, -0.2) is 4.39 Å². The second-order valence-corrected chi connectivity index (χ2v) is 6.32. The Balaban J connectivity index is 2.20. The van der Waals surface area contributed by atoms with Crippen LogP contribution in [0, 0.1) is 24.1 Å². The fourth-order valence-corrected chi connectivity index (χ4v) is 3.58. The van der Waals surface area contributed by atoms with Gasteiger partial charge in [0.05, 0.1) is 0 Å². The van der Waals surface area contributed by atoms with Crippen molar-refractivity contribution in [2.75, 3.05) is 6.54 Å². The van der Waals surface area contributed by atoms with Crippen LogP contribution in [-0.2, 0) is 6.42 Å². The lowest BCUT2D eigenvalue weighted by Crippen LogP contribution is -2.38. The van der Waals surface area contributed by atoms with Crippen LogP contribution < -0.4 is 5.73 Å². The number of aryl methyl sites for hydroxylation is 1. The van der Waals surface area contributed by atoms with Crippen LogP contribution in [0.4, 0.5) is 4.39 Å². The summed E-state index contributed by atoms with van der Waals surface area (Å²) in [6, 6.07) is 5.13. The van der Waals surface area contributed by atoms with E-state index in [1.807, 2.05) is 6.07 Å². The zero-order chi connectivity index (χ0) is 13.9. The van der Waals surface area contributed by atoms with Crippen LogP contribution >= 0.6 is 0 Å². The number of halogens is 1. The van der Waals surface area contributed by atoms with E-state index in [-0.39, 0.29) is 11.2 Å². The first-order valence-electron chi connectivity index (χ1n) is 7.53. The van der Waals surface area contributed by atoms with Gasteiger partial charge in [-0.05, 0) is 67.3 Å². The van der Waals surface area contributed by atoms with Gasteiger partial charge in [-0.15, -0.1) is 0 Å². The Kier molecular flexibility index (Phi) is 4.62. The van der Waals surface area contributed by atoms with Gasteiger partial charge < -0.3 is 5.73 Å². The van der Waals surface area contributed by atoms with Gasteiger partial charge in [-0.3, -0.25) is 0 Å². The van der Waals surface area contributed by atoms with E-state index < -0.39 is 0 Å². The first-order chi connectivity index (χ1) is 9.08. The van der Waals surface area contributed by atoms with Crippen LogP contribution in [0.3, 0.4) is 0 Å². The highest BCUT2D eigenvalue weighted by Gasteiger charge is 2.35. The predicted molar refractivity (Wildman–Crippen MR) is 78.6 cm³/mol. The SMILES string of the molecule is CCC1CCCC(CN)(Cc2cc(F)ccc2C)C1. The van der Waals surface area contributed by atoms with Crippen LogP contribution in [0.5, 0.6) is 0 Å². The maximum atomic E-state index is 13.4. The third-order valence-electron chi connectivity index (χ3n) is 4.93. The minimum absolute atomic E-state index is 0.129. The van der Waals surface area contributed by atoms with E-state index in [0.29, 0.717) is 0 Å². The summed E-state index contributed by atoms with van der Waals surface area (Å²) in [6.07, 6.45) is 7.17. The van der Waals surface area contributed by atoms with E-state index in [9.17, 15) is 4.39 Å². The van der Waals surface area contributed by atoms with Crippen molar-refractivity contribution in [3.8, 4) is 0 Å². The van der Waals surface area contributed by atoms with Gasteiger partial charge in [0.25, 0.3) is 0 Å². The number of hydrogen-bond acceptors (Lipinski definition) is 1. The van der Waals surface area contributed by atoms with Crippen LogP contribution in [-0.4, -0.2) is 6.54 Å². The fraction of sp³-hybridized carbons (Fsp3) is 0.647. The van der Waals surface area contributed by atoms with Gasteiger partial charge >= 0.3 is 0 Å². The van der Waals surface area contributed by atoms with Gasteiger partial charge in [0.15, 0.2) is 0 Å². The number of rotatable bonds is 4. The zero-order valence-electron chi connectivity index (χ0n) is 12.2. The average molecular weight is 263 g/mol.